The minimum Gasteiger partial charge on any atom is -0.462 e. The number of esters is 1. The SMILES string of the molecule is CC(=O)O[C@H]1CC[C@]2(C)[C@@H]3CC[C@@]4(C)[C@H](CC[C@H]4[C@@H](C)CCCC(C)C)[C@H]3C[C@H](O)[C@@]2(O)C1. The van der Waals surface area contributed by atoms with E-state index in [2.05, 4.69) is 34.6 Å². The van der Waals surface area contributed by atoms with Crippen LogP contribution in [0, 0.1) is 46.3 Å². The molecule has 0 radical (unpaired) electrons. The van der Waals surface area contributed by atoms with Crippen LogP contribution in [-0.4, -0.2) is 34.0 Å². The zero-order chi connectivity index (χ0) is 24.2. The van der Waals surface area contributed by atoms with E-state index in [0.717, 1.165) is 37.0 Å². The van der Waals surface area contributed by atoms with Crippen LogP contribution in [-0.2, 0) is 9.53 Å². The van der Waals surface area contributed by atoms with Gasteiger partial charge < -0.3 is 14.9 Å². The molecule has 4 aliphatic rings. The summed E-state index contributed by atoms with van der Waals surface area (Å²) in [6.07, 6.45) is 10.8. The third kappa shape index (κ3) is 4.20. The average molecular weight is 463 g/mol. The maximum Gasteiger partial charge on any atom is 0.302 e. The number of carbonyl (C=O) groups is 1. The summed E-state index contributed by atoms with van der Waals surface area (Å²) in [7, 11) is 0. The molecule has 4 fully saturated rings. The monoisotopic (exact) mass is 462 g/mol. The number of carbonyl (C=O) groups excluding carboxylic acids is 1. The molecule has 0 aromatic heterocycles. The Labute approximate surface area is 202 Å². The fourth-order valence-electron chi connectivity index (χ4n) is 9.60. The Hall–Kier alpha value is -0.610. The Morgan fingerprint density at radius 2 is 1.76 bits per heavy atom. The van der Waals surface area contributed by atoms with Crippen LogP contribution in [0.4, 0.5) is 0 Å². The molecule has 4 rings (SSSR count). The van der Waals surface area contributed by atoms with E-state index in [4.69, 9.17) is 4.74 Å². The van der Waals surface area contributed by atoms with Crippen molar-refractivity contribution in [1.29, 1.82) is 0 Å². The van der Waals surface area contributed by atoms with E-state index < -0.39 is 11.7 Å². The van der Waals surface area contributed by atoms with Crippen LogP contribution in [0.2, 0.25) is 0 Å². The van der Waals surface area contributed by atoms with Crippen molar-refractivity contribution in [1.82, 2.24) is 0 Å². The Morgan fingerprint density at radius 1 is 1.03 bits per heavy atom. The first-order valence-corrected chi connectivity index (χ1v) is 14.0. The van der Waals surface area contributed by atoms with Crippen LogP contribution in [0.15, 0.2) is 0 Å². The molecule has 4 saturated carbocycles. The van der Waals surface area contributed by atoms with E-state index in [1.165, 1.54) is 45.4 Å². The van der Waals surface area contributed by atoms with Gasteiger partial charge >= 0.3 is 5.97 Å². The number of hydrogen-bond acceptors (Lipinski definition) is 4. The van der Waals surface area contributed by atoms with Gasteiger partial charge in [0.1, 0.15) is 6.10 Å². The lowest BCUT2D eigenvalue weighted by Gasteiger charge is -2.65. The van der Waals surface area contributed by atoms with Gasteiger partial charge in [0, 0.05) is 18.8 Å². The molecule has 4 nitrogen and oxygen atoms in total. The second-order valence-corrected chi connectivity index (χ2v) is 13.5. The first-order chi connectivity index (χ1) is 15.4. The summed E-state index contributed by atoms with van der Waals surface area (Å²) in [6, 6.07) is 0. The molecule has 0 bridgehead atoms. The Morgan fingerprint density at radius 3 is 2.42 bits per heavy atom. The molecule has 0 spiro atoms. The molecule has 0 unspecified atom stereocenters. The van der Waals surface area contributed by atoms with Crippen molar-refractivity contribution in [2.75, 3.05) is 0 Å². The highest BCUT2D eigenvalue weighted by Crippen LogP contribution is 2.69. The van der Waals surface area contributed by atoms with Crippen molar-refractivity contribution in [3.05, 3.63) is 0 Å². The minimum atomic E-state index is -1.15. The van der Waals surface area contributed by atoms with Gasteiger partial charge in [-0.2, -0.15) is 0 Å². The lowest BCUT2D eigenvalue weighted by Crippen LogP contribution is -2.68. The van der Waals surface area contributed by atoms with Gasteiger partial charge in [-0.3, -0.25) is 4.79 Å². The highest BCUT2D eigenvalue weighted by atomic mass is 16.5. The van der Waals surface area contributed by atoms with E-state index in [-0.39, 0.29) is 17.5 Å². The second-order valence-electron chi connectivity index (χ2n) is 13.5. The van der Waals surface area contributed by atoms with Crippen molar-refractivity contribution in [3.8, 4) is 0 Å². The van der Waals surface area contributed by atoms with Crippen LogP contribution < -0.4 is 0 Å². The van der Waals surface area contributed by atoms with Crippen molar-refractivity contribution in [2.24, 2.45) is 46.3 Å². The maximum atomic E-state index is 11.9. The number of aliphatic hydroxyl groups is 2. The number of fused-ring (bicyclic) bond motifs is 5. The van der Waals surface area contributed by atoms with E-state index in [1.54, 1.807) is 0 Å². The zero-order valence-corrected chi connectivity index (χ0v) is 22.1. The molecule has 10 atom stereocenters. The summed E-state index contributed by atoms with van der Waals surface area (Å²) in [5.74, 6) is 3.69. The molecule has 190 valence electrons. The highest BCUT2D eigenvalue weighted by Gasteiger charge is 2.67. The normalized spacial score (nSPS) is 48.0. The van der Waals surface area contributed by atoms with Crippen molar-refractivity contribution >= 4 is 5.97 Å². The predicted molar refractivity (Wildman–Crippen MR) is 131 cm³/mol. The van der Waals surface area contributed by atoms with Gasteiger partial charge in [0.05, 0.1) is 11.7 Å². The summed E-state index contributed by atoms with van der Waals surface area (Å²) in [6.45, 7) is 13.4. The molecule has 0 aromatic carbocycles. The molecule has 0 aromatic rings. The van der Waals surface area contributed by atoms with Crippen LogP contribution in [0.3, 0.4) is 0 Å². The number of hydrogen-bond donors (Lipinski definition) is 2. The smallest absolute Gasteiger partial charge is 0.302 e. The van der Waals surface area contributed by atoms with Crippen LogP contribution in [0.1, 0.15) is 112 Å². The van der Waals surface area contributed by atoms with Crippen molar-refractivity contribution in [3.63, 3.8) is 0 Å². The number of aliphatic hydroxyl groups excluding tert-OH is 1. The van der Waals surface area contributed by atoms with Gasteiger partial charge in [-0.25, -0.2) is 0 Å². The standard InChI is InChI=1S/C29H50O4/c1-18(2)8-7-9-19(3)23-10-11-24-22-16-26(31)29(32)17-21(33-20(4)30)12-15-28(29,6)25(22)13-14-27(23,24)5/h18-19,21-26,31-32H,7-17H2,1-6H3/t19-,21-,22+,23-,24+,25+,26-,27+,28+,29-/m0/s1. The Kier molecular flexibility index (Phi) is 7.04. The molecular formula is C29H50O4. The van der Waals surface area contributed by atoms with Gasteiger partial charge in [0.25, 0.3) is 0 Å². The quantitative estimate of drug-likeness (QED) is 0.466. The Bertz CT molecular complexity index is 720. The molecular weight excluding hydrogens is 412 g/mol. The second kappa shape index (κ2) is 9.12. The third-order valence-electron chi connectivity index (χ3n) is 11.3. The largest absolute Gasteiger partial charge is 0.462 e. The summed E-state index contributed by atoms with van der Waals surface area (Å²) in [5.41, 5.74) is -1.07. The summed E-state index contributed by atoms with van der Waals surface area (Å²) in [5, 5.41) is 23.3. The van der Waals surface area contributed by atoms with Gasteiger partial charge in [-0.15, -0.1) is 0 Å². The first kappa shape index (κ1) is 25.5. The van der Waals surface area contributed by atoms with Gasteiger partial charge in [0.15, 0.2) is 0 Å². The molecule has 4 heteroatoms. The average Bonchev–Trinajstić information content (AvgIpc) is 3.07. The van der Waals surface area contributed by atoms with E-state index in [9.17, 15) is 15.0 Å². The zero-order valence-electron chi connectivity index (χ0n) is 22.1. The molecule has 33 heavy (non-hydrogen) atoms. The van der Waals surface area contributed by atoms with Crippen LogP contribution >= 0.6 is 0 Å². The summed E-state index contributed by atoms with van der Waals surface area (Å²) >= 11 is 0. The van der Waals surface area contributed by atoms with Gasteiger partial charge in [-0.1, -0.05) is 53.9 Å². The van der Waals surface area contributed by atoms with Gasteiger partial charge in [-0.05, 0) is 85.9 Å². The van der Waals surface area contributed by atoms with E-state index >= 15 is 0 Å². The van der Waals surface area contributed by atoms with Crippen LogP contribution in [0.5, 0.6) is 0 Å². The highest BCUT2D eigenvalue weighted by molar-refractivity contribution is 5.66. The molecule has 2 N–H and O–H groups in total. The molecule has 0 saturated heterocycles. The lowest BCUT2D eigenvalue weighted by atomic mass is 9.42. The van der Waals surface area contributed by atoms with Crippen molar-refractivity contribution in [2.45, 2.75) is 130 Å². The molecule has 4 aliphatic carbocycles. The third-order valence-corrected chi connectivity index (χ3v) is 11.3. The molecule has 0 heterocycles. The summed E-state index contributed by atoms with van der Waals surface area (Å²) in [4.78, 5) is 11.5. The predicted octanol–water partition coefficient (Wildman–Crippen LogP) is 6.13. The van der Waals surface area contributed by atoms with Gasteiger partial charge in [0.2, 0.25) is 0 Å². The number of ether oxygens (including phenoxy) is 1. The maximum absolute atomic E-state index is 11.9. The number of rotatable bonds is 6. The van der Waals surface area contributed by atoms with E-state index in [0.29, 0.717) is 36.0 Å². The van der Waals surface area contributed by atoms with E-state index in [1.807, 2.05) is 0 Å². The molecule has 0 amide bonds. The summed E-state index contributed by atoms with van der Waals surface area (Å²) < 4.78 is 5.50. The first-order valence-electron chi connectivity index (χ1n) is 14.0. The minimum absolute atomic E-state index is 0.275. The lowest BCUT2D eigenvalue weighted by molar-refractivity contribution is -0.266. The molecule has 0 aliphatic heterocycles. The fraction of sp³-hybridized carbons (Fsp3) is 0.966. The fourth-order valence-corrected chi connectivity index (χ4v) is 9.60. The van der Waals surface area contributed by atoms with Crippen molar-refractivity contribution < 1.29 is 19.7 Å². The van der Waals surface area contributed by atoms with Crippen LogP contribution in [0.25, 0.3) is 0 Å². The topological polar surface area (TPSA) is 66.8 Å². The Balaban J connectivity index is 1.51.